The van der Waals surface area contributed by atoms with Crippen LogP contribution in [0.2, 0.25) is 0 Å². The number of carbonyl (C=O) groups is 1. The summed E-state index contributed by atoms with van der Waals surface area (Å²) < 4.78 is 0. The van der Waals surface area contributed by atoms with Crippen molar-refractivity contribution >= 4 is 5.97 Å². The molecule has 0 saturated heterocycles. The molecule has 1 rings (SSSR count). The lowest BCUT2D eigenvalue weighted by Crippen LogP contribution is -2.34. The van der Waals surface area contributed by atoms with E-state index in [1.54, 1.807) is 0 Å². The normalized spacial score (nSPS) is 21.8. The summed E-state index contributed by atoms with van der Waals surface area (Å²) >= 11 is 0. The fraction of sp³-hybridized carbons (Fsp3) is 0.889. The number of carboxylic acids is 1. The third-order valence-electron chi connectivity index (χ3n) is 3.06. The van der Waals surface area contributed by atoms with Gasteiger partial charge in [-0.15, -0.1) is 0 Å². The molecule has 1 aliphatic carbocycles. The molecular formula is C9H17NO2. The van der Waals surface area contributed by atoms with Crippen LogP contribution in [0.1, 0.15) is 32.6 Å². The number of carboxylic acid groups (broad SMARTS) is 1. The molecule has 0 aromatic carbocycles. The van der Waals surface area contributed by atoms with Crippen LogP contribution in [0.4, 0.5) is 0 Å². The van der Waals surface area contributed by atoms with E-state index in [-0.39, 0.29) is 11.8 Å². The lowest BCUT2D eigenvalue weighted by atomic mass is 9.77. The Kier molecular flexibility index (Phi) is 2.73. The molecule has 1 fully saturated rings. The Morgan fingerprint density at radius 3 is 2.50 bits per heavy atom. The van der Waals surface area contributed by atoms with Gasteiger partial charge in [0.1, 0.15) is 0 Å². The summed E-state index contributed by atoms with van der Waals surface area (Å²) in [6.07, 6.45) is 3.46. The van der Waals surface area contributed by atoms with Crippen LogP contribution in [-0.2, 0) is 4.79 Å². The maximum absolute atomic E-state index is 10.6. The molecule has 0 aromatic rings. The first-order valence-electron chi connectivity index (χ1n) is 4.56. The van der Waals surface area contributed by atoms with E-state index in [0.717, 1.165) is 6.42 Å². The summed E-state index contributed by atoms with van der Waals surface area (Å²) in [6.45, 7) is 2.55. The molecule has 0 radical (unpaired) electrons. The SMILES string of the molecule is CCC(CN)(CC(=O)O)C1CC1. The molecule has 0 aromatic heterocycles. The van der Waals surface area contributed by atoms with Crippen LogP contribution < -0.4 is 5.73 Å². The lowest BCUT2D eigenvalue weighted by molar-refractivity contribution is -0.140. The second-order valence-corrected chi connectivity index (χ2v) is 3.76. The van der Waals surface area contributed by atoms with E-state index in [0.29, 0.717) is 12.5 Å². The summed E-state index contributed by atoms with van der Waals surface area (Å²) in [5.41, 5.74) is 5.54. The van der Waals surface area contributed by atoms with Gasteiger partial charge in [0.2, 0.25) is 0 Å². The molecule has 0 bridgehead atoms. The second kappa shape index (κ2) is 3.44. The third kappa shape index (κ3) is 1.78. The van der Waals surface area contributed by atoms with Crippen molar-refractivity contribution in [2.24, 2.45) is 17.1 Å². The highest BCUT2D eigenvalue weighted by molar-refractivity contribution is 5.67. The average Bonchev–Trinajstić information content (AvgIpc) is 2.82. The van der Waals surface area contributed by atoms with Crippen LogP contribution in [0.15, 0.2) is 0 Å². The highest BCUT2D eigenvalue weighted by Gasteiger charge is 2.44. The van der Waals surface area contributed by atoms with Crippen LogP contribution in [0.25, 0.3) is 0 Å². The Balaban J connectivity index is 2.61. The minimum Gasteiger partial charge on any atom is -0.481 e. The summed E-state index contributed by atoms with van der Waals surface area (Å²) in [7, 11) is 0. The van der Waals surface area contributed by atoms with E-state index in [1.165, 1.54) is 12.8 Å². The minimum absolute atomic E-state index is 0.105. The number of rotatable bonds is 5. The van der Waals surface area contributed by atoms with Crippen LogP contribution in [0, 0.1) is 11.3 Å². The Morgan fingerprint density at radius 1 is 1.67 bits per heavy atom. The fourth-order valence-electron chi connectivity index (χ4n) is 1.94. The molecule has 0 spiro atoms. The highest BCUT2D eigenvalue weighted by atomic mass is 16.4. The van der Waals surface area contributed by atoms with Gasteiger partial charge in [0.05, 0.1) is 6.42 Å². The molecule has 3 N–H and O–H groups in total. The van der Waals surface area contributed by atoms with Crippen LogP contribution in [0.3, 0.4) is 0 Å². The van der Waals surface area contributed by atoms with Gasteiger partial charge in [-0.05, 0) is 37.1 Å². The van der Waals surface area contributed by atoms with E-state index in [1.807, 2.05) is 6.92 Å². The molecule has 1 aliphatic rings. The zero-order chi connectivity index (χ0) is 9.19. The fourth-order valence-corrected chi connectivity index (χ4v) is 1.94. The first-order valence-corrected chi connectivity index (χ1v) is 4.56. The third-order valence-corrected chi connectivity index (χ3v) is 3.06. The molecule has 1 atom stereocenters. The van der Waals surface area contributed by atoms with E-state index in [4.69, 9.17) is 10.8 Å². The maximum atomic E-state index is 10.6. The van der Waals surface area contributed by atoms with Gasteiger partial charge in [-0.1, -0.05) is 6.92 Å². The van der Waals surface area contributed by atoms with Gasteiger partial charge in [0.25, 0.3) is 0 Å². The van der Waals surface area contributed by atoms with Gasteiger partial charge in [-0.25, -0.2) is 0 Å². The van der Waals surface area contributed by atoms with Crippen molar-refractivity contribution in [3.05, 3.63) is 0 Å². The Labute approximate surface area is 72.9 Å². The van der Waals surface area contributed by atoms with Gasteiger partial charge in [-0.2, -0.15) is 0 Å². The molecule has 3 nitrogen and oxygen atoms in total. The lowest BCUT2D eigenvalue weighted by Gasteiger charge is -2.29. The second-order valence-electron chi connectivity index (χ2n) is 3.76. The zero-order valence-corrected chi connectivity index (χ0v) is 7.55. The minimum atomic E-state index is -0.714. The molecule has 0 aliphatic heterocycles. The molecule has 0 heterocycles. The van der Waals surface area contributed by atoms with Gasteiger partial charge >= 0.3 is 5.97 Å². The summed E-state index contributed by atoms with van der Waals surface area (Å²) in [4.78, 5) is 10.6. The monoisotopic (exact) mass is 171 g/mol. The van der Waals surface area contributed by atoms with Gasteiger partial charge in [0, 0.05) is 0 Å². The zero-order valence-electron chi connectivity index (χ0n) is 7.55. The Bertz CT molecular complexity index is 171. The van der Waals surface area contributed by atoms with E-state index in [2.05, 4.69) is 0 Å². The molecule has 70 valence electrons. The number of aliphatic carboxylic acids is 1. The van der Waals surface area contributed by atoms with Crippen molar-refractivity contribution in [3.63, 3.8) is 0 Å². The molecule has 12 heavy (non-hydrogen) atoms. The molecular weight excluding hydrogens is 154 g/mol. The predicted octanol–water partition coefficient (Wildman–Crippen LogP) is 1.23. The summed E-state index contributed by atoms with van der Waals surface area (Å²) in [6, 6.07) is 0. The standard InChI is InChI=1S/C9H17NO2/c1-2-9(6-10,5-8(11)12)7-3-4-7/h7H,2-6,10H2,1H3,(H,11,12). The number of hydrogen-bond donors (Lipinski definition) is 2. The quantitative estimate of drug-likeness (QED) is 0.653. The van der Waals surface area contributed by atoms with E-state index < -0.39 is 5.97 Å². The van der Waals surface area contributed by atoms with Gasteiger partial charge in [0.15, 0.2) is 0 Å². The molecule has 1 saturated carbocycles. The van der Waals surface area contributed by atoms with Gasteiger partial charge < -0.3 is 10.8 Å². The Hall–Kier alpha value is -0.570. The first kappa shape index (κ1) is 9.52. The summed E-state index contributed by atoms with van der Waals surface area (Å²) in [5, 5.41) is 8.73. The summed E-state index contributed by atoms with van der Waals surface area (Å²) in [5.74, 6) is -0.141. The molecule has 0 amide bonds. The van der Waals surface area contributed by atoms with Crippen molar-refractivity contribution in [3.8, 4) is 0 Å². The van der Waals surface area contributed by atoms with Crippen molar-refractivity contribution in [2.45, 2.75) is 32.6 Å². The topological polar surface area (TPSA) is 63.3 Å². The van der Waals surface area contributed by atoms with Crippen LogP contribution in [0.5, 0.6) is 0 Å². The van der Waals surface area contributed by atoms with Gasteiger partial charge in [-0.3, -0.25) is 4.79 Å². The number of nitrogens with two attached hydrogens (primary N) is 1. The first-order chi connectivity index (χ1) is 5.64. The molecule has 1 unspecified atom stereocenters. The largest absolute Gasteiger partial charge is 0.481 e. The Morgan fingerprint density at radius 2 is 2.25 bits per heavy atom. The van der Waals surface area contributed by atoms with E-state index in [9.17, 15) is 4.79 Å². The van der Waals surface area contributed by atoms with Crippen molar-refractivity contribution in [1.29, 1.82) is 0 Å². The average molecular weight is 171 g/mol. The van der Waals surface area contributed by atoms with Crippen molar-refractivity contribution < 1.29 is 9.90 Å². The van der Waals surface area contributed by atoms with Crippen LogP contribution >= 0.6 is 0 Å². The predicted molar refractivity (Wildman–Crippen MR) is 46.8 cm³/mol. The van der Waals surface area contributed by atoms with Crippen molar-refractivity contribution in [2.75, 3.05) is 6.54 Å². The van der Waals surface area contributed by atoms with Crippen molar-refractivity contribution in [1.82, 2.24) is 0 Å². The molecule has 3 heteroatoms. The maximum Gasteiger partial charge on any atom is 0.303 e. The van der Waals surface area contributed by atoms with Crippen LogP contribution in [-0.4, -0.2) is 17.6 Å². The highest BCUT2D eigenvalue weighted by Crippen LogP contribution is 2.49. The van der Waals surface area contributed by atoms with E-state index >= 15 is 0 Å². The number of hydrogen-bond acceptors (Lipinski definition) is 2. The smallest absolute Gasteiger partial charge is 0.303 e.